The van der Waals surface area contributed by atoms with Crippen molar-refractivity contribution in [2.24, 2.45) is 5.92 Å². The molecule has 1 aromatic rings. The van der Waals surface area contributed by atoms with Crippen LogP contribution in [0, 0.1) is 11.7 Å². The highest BCUT2D eigenvalue weighted by molar-refractivity contribution is 7.89. The summed E-state index contributed by atoms with van der Waals surface area (Å²) in [6.07, 6.45) is -2.16. The molecule has 0 radical (unpaired) electrons. The first-order valence-corrected chi connectivity index (χ1v) is 10.0. The Morgan fingerprint density at radius 2 is 1.85 bits per heavy atom. The third kappa shape index (κ3) is 5.66. The monoisotopic (exact) mass is 408 g/mol. The molecule has 0 aromatic heterocycles. The van der Waals surface area contributed by atoms with E-state index < -0.39 is 40.6 Å². The Labute approximate surface area is 156 Å². The minimum Gasteiger partial charge on any atom is -0.383 e. The fourth-order valence-electron chi connectivity index (χ4n) is 3.02. The second kappa shape index (κ2) is 9.52. The molecule has 0 N–H and O–H groups in total. The maximum atomic E-state index is 13.0. The van der Waals surface area contributed by atoms with Crippen molar-refractivity contribution in [2.45, 2.75) is 24.2 Å². The van der Waals surface area contributed by atoms with Crippen LogP contribution >= 0.6 is 0 Å². The van der Waals surface area contributed by atoms with Gasteiger partial charge in [-0.2, -0.15) is 4.31 Å². The van der Waals surface area contributed by atoms with Crippen LogP contribution in [0.3, 0.4) is 0 Å². The molecule has 1 aromatic carbocycles. The molecule has 6 nitrogen and oxygen atoms in total. The second-order valence-electron chi connectivity index (χ2n) is 6.30. The fraction of sp³-hybridized carbons (Fsp3) is 0.588. The lowest BCUT2D eigenvalue weighted by molar-refractivity contribution is -0.139. The first kappa shape index (κ1) is 21.6. The van der Waals surface area contributed by atoms with E-state index in [1.807, 2.05) is 0 Å². The molecule has 0 aliphatic carbocycles. The normalized spacial score (nSPS) is 16.6. The summed E-state index contributed by atoms with van der Waals surface area (Å²) in [6, 6.07) is 4.52. The minimum absolute atomic E-state index is 0.0203. The predicted molar refractivity (Wildman–Crippen MR) is 92.3 cm³/mol. The number of nitrogens with zero attached hydrogens (tertiary/aromatic N) is 2. The van der Waals surface area contributed by atoms with Gasteiger partial charge in [-0.3, -0.25) is 4.79 Å². The molecule has 1 saturated heterocycles. The number of hydrogen-bond acceptors (Lipinski definition) is 4. The van der Waals surface area contributed by atoms with Crippen LogP contribution in [0.25, 0.3) is 0 Å². The standard InChI is InChI=1S/C17H23F3N2O4S/c1-26-11-10-21(12-16(19)20)17(23)13-6-8-22(9-7-13)27(24,25)15-4-2-14(18)3-5-15/h2-5,13,16H,6-12H2,1H3. The first-order valence-electron chi connectivity index (χ1n) is 8.57. The van der Waals surface area contributed by atoms with Gasteiger partial charge < -0.3 is 9.64 Å². The number of carbonyl (C=O) groups is 1. The van der Waals surface area contributed by atoms with Crippen LogP contribution in [0.5, 0.6) is 0 Å². The van der Waals surface area contributed by atoms with Crippen LogP contribution in [-0.4, -0.2) is 69.9 Å². The lowest BCUT2D eigenvalue weighted by Crippen LogP contribution is -2.46. The second-order valence-corrected chi connectivity index (χ2v) is 8.24. The summed E-state index contributed by atoms with van der Waals surface area (Å²) in [4.78, 5) is 13.6. The Morgan fingerprint density at radius 1 is 1.26 bits per heavy atom. The molecule has 1 amide bonds. The number of amides is 1. The highest BCUT2D eigenvalue weighted by Crippen LogP contribution is 2.25. The van der Waals surface area contributed by atoms with Gasteiger partial charge in [0.05, 0.1) is 18.0 Å². The molecular weight excluding hydrogens is 385 g/mol. The molecule has 0 bridgehead atoms. The van der Waals surface area contributed by atoms with Gasteiger partial charge >= 0.3 is 0 Å². The topological polar surface area (TPSA) is 66.9 Å². The molecular formula is C17H23F3N2O4S. The molecule has 152 valence electrons. The van der Waals surface area contributed by atoms with Gasteiger partial charge in [-0.25, -0.2) is 21.6 Å². The number of benzene rings is 1. The number of rotatable bonds is 8. The summed E-state index contributed by atoms with van der Waals surface area (Å²) in [5.41, 5.74) is 0. The minimum atomic E-state index is -3.78. The number of alkyl halides is 2. The maximum absolute atomic E-state index is 13.0. The van der Waals surface area contributed by atoms with Crippen molar-refractivity contribution in [3.8, 4) is 0 Å². The molecule has 27 heavy (non-hydrogen) atoms. The Hall–Kier alpha value is -1.65. The number of hydrogen-bond donors (Lipinski definition) is 0. The number of carbonyl (C=O) groups excluding carboxylic acids is 1. The predicted octanol–water partition coefficient (Wildman–Crippen LogP) is 1.97. The van der Waals surface area contributed by atoms with Crippen molar-refractivity contribution in [1.29, 1.82) is 0 Å². The van der Waals surface area contributed by atoms with Crippen molar-refractivity contribution in [1.82, 2.24) is 9.21 Å². The quantitative estimate of drug-likeness (QED) is 0.660. The van der Waals surface area contributed by atoms with Gasteiger partial charge in [0.1, 0.15) is 5.82 Å². The van der Waals surface area contributed by atoms with Crippen LogP contribution in [0.4, 0.5) is 13.2 Å². The number of halogens is 3. The smallest absolute Gasteiger partial charge is 0.255 e. The molecule has 1 aliphatic heterocycles. The summed E-state index contributed by atoms with van der Waals surface area (Å²) in [5, 5.41) is 0. The van der Waals surface area contributed by atoms with Crippen LogP contribution in [0.2, 0.25) is 0 Å². The Balaban J connectivity index is 2.00. The van der Waals surface area contributed by atoms with Gasteiger partial charge in [0.25, 0.3) is 6.43 Å². The largest absolute Gasteiger partial charge is 0.383 e. The Kier molecular flexibility index (Phi) is 7.63. The van der Waals surface area contributed by atoms with E-state index in [1.165, 1.54) is 23.5 Å². The molecule has 0 saturated carbocycles. The molecule has 0 atom stereocenters. The van der Waals surface area contributed by atoms with E-state index in [0.29, 0.717) is 0 Å². The molecule has 1 aliphatic rings. The zero-order chi connectivity index (χ0) is 20.0. The van der Waals surface area contributed by atoms with Crippen molar-refractivity contribution < 1.29 is 31.1 Å². The number of sulfonamides is 1. The van der Waals surface area contributed by atoms with E-state index in [-0.39, 0.29) is 44.0 Å². The zero-order valence-corrected chi connectivity index (χ0v) is 15.8. The SMILES string of the molecule is COCCN(CC(F)F)C(=O)C1CCN(S(=O)(=O)c2ccc(F)cc2)CC1. The molecule has 2 rings (SSSR count). The van der Waals surface area contributed by atoms with Crippen molar-refractivity contribution in [3.63, 3.8) is 0 Å². The van der Waals surface area contributed by atoms with Gasteiger partial charge in [0.15, 0.2) is 0 Å². The van der Waals surface area contributed by atoms with E-state index >= 15 is 0 Å². The van der Waals surface area contributed by atoms with Gasteiger partial charge in [-0.1, -0.05) is 0 Å². The third-order valence-electron chi connectivity index (χ3n) is 4.49. The van der Waals surface area contributed by atoms with Crippen molar-refractivity contribution in [2.75, 3.05) is 39.9 Å². The van der Waals surface area contributed by atoms with Gasteiger partial charge in [0, 0.05) is 32.7 Å². The van der Waals surface area contributed by atoms with Crippen LogP contribution in [0.1, 0.15) is 12.8 Å². The molecule has 0 spiro atoms. The van der Waals surface area contributed by atoms with Crippen molar-refractivity contribution >= 4 is 15.9 Å². The number of ether oxygens (including phenoxy) is 1. The average Bonchev–Trinajstić information content (AvgIpc) is 2.64. The first-order chi connectivity index (χ1) is 12.8. The third-order valence-corrected chi connectivity index (χ3v) is 6.40. The van der Waals surface area contributed by atoms with E-state index in [0.717, 1.165) is 17.0 Å². The molecule has 1 fully saturated rings. The Morgan fingerprint density at radius 3 is 2.37 bits per heavy atom. The summed E-state index contributed by atoms with van der Waals surface area (Å²) in [6.45, 7) is -0.258. The number of methoxy groups -OCH3 is 1. The van der Waals surface area contributed by atoms with Gasteiger partial charge in [0.2, 0.25) is 15.9 Å². The van der Waals surface area contributed by atoms with E-state index in [2.05, 4.69) is 0 Å². The fourth-order valence-corrected chi connectivity index (χ4v) is 4.49. The van der Waals surface area contributed by atoms with E-state index in [9.17, 15) is 26.4 Å². The summed E-state index contributed by atoms with van der Waals surface area (Å²) in [7, 11) is -2.36. The van der Waals surface area contributed by atoms with E-state index in [1.54, 1.807) is 0 Å². The summed E-state index contributed by atoms with van der Waals surface area (Å²) < 4.78 is 69.7. The van der Waals surface area contributed by atoms with E-state index in [4.69, 9.17) is 4.74 Å². The highest BCUT2D eigenvalue weighted by Gasteiger charge is 2.34. The van der Waals surface area contributed by atoms with Gasteiger partial charge in [-0.15, -0.1) is 0 Å². The van der Waals surface area contributed by atoms with Crippen LogP contribution in [-0.2, 0) is 19.6 Å². The zero-order valence-electron chi connectivity index (χ0n) is 15.0. The summed E-state index contributed by atoms with van der Waals surface area (Å²) >= 11 is 0. The summed E-state index contributed by atoms with van der Waals surface area (Å²) in [5.74, 6) is -1.46. The molecule has 1 heterocycles. The average molecular weight is 408 g/mol. The lowest BCUT2D eigenvalue weighted by atomic mass is 9.96. The highest BCUT2D eigenvalue weighted by atomic mass is 32.2. The lowest BCUT2D eigenvalue weighted by Gasteiger charge is -2.33. The maximum Gasteiger partial charge on any atom is 0.255 e. The van der Waals surface area contributed by atoms with Crippen LogP contribution in [0.15, 0.2) is 29.2 Å². The van der Waals surface area contributed by atoms with Crippen LogP contribution < -0.4 is 0 Å². The Bertz CT molecular complexity index is 720. The molecule has 0 unspecified atom stereocenters. The van der Waals surface area contributed by atoms with Gasteiger partial charge in [-0.05, 0) is 37.1 Å². The number of piperidine rings is 1. The molecule has 10 heteroatoms. The van der Waals surface area contributed by atoms with Crippen molar-refractivity contribution in [3.05, 3.63) is 30.1 Å².